The van der Waals surface area contributed by atoms with Crippen molar-refractivity contribution in [1.82, 2.24) is 0 Å². The van der Waals surface area contributed by atoms with E-state index in [9.17, 15) is 4.39 Å². The minimum atomic E-state index is -0.0994. The quantitative estimate of drug-likeness (QED) is 0.783. The Bertz CT molecular complexity index is 397. The van der Waals surface area contributed by atoms with Gasteiger partial charge in [0.25, 0.3) is 0 Å². The van der Waals surface area contributed by atoms with Gasteiger partial charge in [-0.3, -0.25) is 0 Å². The number of halogens is 1. The number of benzene rings is 1. The second-order valence-corrected chi connectivity index (χ2v) is 4.90. The molecule has 1 saturated heterocycles. The van der Waals surface area contributed by atoms with Crippen molar-refractivity contribution in [3.8, 4) is 0 Å². The van der Waals surface area contributed by atoms with Crippen molar-refractivity contribution in [2.75, 3.05) is 31.2 Å². The van der Waals surface area contributed by atoms with Gasteiger partial charge in [-0.25, -0.2) is 4.39 Å². The van der Waals surface area contributed by atoms with Gasteiger partial charge in [-0.2, -0.15) is 0 Å². The van der Waals surface area contributed by atoms with Gasteiger partial charge >= 0.3 is 0 Å². The van der Waals surface area contributed by atoms with Crippen molar-refractivity contribution in [3.63, 3.8) is 0 Å². The first-order valence-corrected chi connectivity index (χ1v) is 6.22. The summed E-state index contributed by atoms with van der Waals surface area (Å²) < 4.78 is 19.2. The summed E-state index contributed by atoms with van der Waals surface area (Å²) in [6.45, 7) is 9.21. The van der Waals surface area contributed by atoms with E-state index >= 15 is 0 Å². The molecule has 2 nitrogen and oxygen atoms in total. The predicted molar refractivity (Wildman–Crippen MR) is 68.3 cm³/mol. The molecule has 3 heteroatoms. The van der Waals surface area contributed by atoms with E-state index in [0.717, 1.165) is 43.1 Å². The summed E-state index contributed by atoms with van der Waals surface area (Å²) in [7, 11) is 0. The largest absolute Gasteiger partial charge is 0.378 e. The summed E-state index contributed by atoms with van der Waals surface area (Å²) >= 11 is 0. The van der Waals surface area contributed by atoms with E-state index in [1.54, 1.807) is 6.07 Å². The number of nitrogens with zero attached hydrogens (tertiary/aromatic N) is 1. The van der Waals surface area contributed by atoms with Gasteiger partial charge in [-0.05, 0) is 36.1 Å². The topological polar surface area (TPSA) is 12.5 Å². The normalized spacial score (nSPS) is 16.6. The van der Waals surface area contributed by atoms with E-state index in [1.807, 2.05) is 6.92 Å². The molecule has 1 aliphatic heterocycles. The molecule has 1 aromatic carbocycles. The molecule has 0 spiro atoms. The molecular formula is C14H20FNO. The molecule has 1 aliphatic rings. The van der Waals surface area contributed by atoms with Crippen molar-refractivity contribution in [2.24, 2.45) is 0 Å². The molecule has 1 fully saturated rings. The highest BCUT2D eigenvalue weighted by molar-refractivity contribution is 5.52. The Labute approximate surface area is 102 Å². The van der Waals surface area contributed by atoms with Crippen molar-refractivity contribution >= 4 is 5.69 Å². The van der Waals surface area contributed by atoms with E-state index in [0.29, 0.717) is 5.92 Å². The zero-order valence-electron chi connectivity index (χ0n) is 10.8. The fraction of sp³-hybridized carbons (Fsp3) is 0.571. The van der Waals surface area contributed by atoms with Crippen LogP contribution < -0.4 is 4.90 Å². The van der Waals surface area contributed by atoms with Crippen LogP contribution in [0, 0.1) is 12.7 Å². The molecule has 17 heavy (non-hydrogen) atoms. The summed E-state index contributed by atoms with van der Waals surface area (Å²) in [6, 6.07) is 3.76. The lowest BCUT2D eigenvalue weighted by atomic mass is 9.96. The van der Waals surface area contributed by atoms with E-state index in [1.165, 1.54) is 0 Å². The van der Waals surface area contributed by atoms with Crippen molar-refractivity contribution < 1.29 is 9.13 Å². The molecule has 0 atom stereocenters. The minimum Gasteiger partial charge on any atom is -0.378 e. The lowest BCUT2D eigenvalue weighted by molar-refractivity contribution is 0.122. The SMILES string of the molecule is Cc1c(F)cc(N2CCOCC2)cc1C(C)C. The molecule has 0 saturated carbocycles. The Morgan fingerprint density at radius 1 is 1.24 bits per heavy atom. The molecule has 0 amide bonds. The van der Waals surface area contributed by atoms with Gasteiger partial charge in [0.15, 0.2) is 0 Å². The van der Waals surface area contributed by atoms with Gasteiger partial charge in [-0.1, -0.05) is 13.8 Å². The third kappa shape index (κ3) is 2.60. The Morgan fingerprint density at radius 3 is 2.47 bits per heavy atom. The lowest BCUT2D eigenvalue weighted by Crippen LogP contribution is -2.36. The van der Waals surface area contributed by atoms with Crippen LogP contribution in [0.4, 0.5) is 10.1 Å². The standard InChI is InChI=1S/C14H20FNO/c1-10(2)13-8-12(9-14(15)11(13)3)16-4-6-17-7-5-16/h8-10H,4-7H2,1-3H3. The van der Waals surface area contributed by atoms with Crippen LogP contribution in [-0.4, -0.2) is 26.3 Å². The van der Waals surface area contributed by atoms with Crippen LogP contribution in [0.15, 0.2) is 12.1 Å². The van der Waals surface area contributed by atoms with Crippen LogP contribution in [0.3, 0.4) is 0 Å². The average Bonchev–Trinajstić information content (AvgIpc) is 2.33. The molecule has 0 radical (unpaired) electrons. The van der Waals surface area contributed by atoms with Crippen LogP contribution in [0.1, 0.15) is 30.9 Å². The van der Waals surface area contributed by atoms with Crippen LogP contribution in [0.2, 0.25) is 0 Å². The smallest absolute Gasteiger partial charge is 0.128 e. The summed E-state index contributed by atoms with van der Waals surface area (Å²) in [5.41, 5.74) is 2.86. The van der Waals surface area contributed by atoms with Crippen molar-refractivity contribution in [2.45, 2.75) is 26.7 Å². The number of anilines is 1. The van der Waals surface area contributed by atoms with E-state index < -0.39 is 0 Å². The van der Waals surface area contributed by atoms with Crippen LogP contribution in [0.25, 0.3) is 0 Å². The summed E-state index contributed by atoms with van der Waals surface area (Å²) in [5.74, 6) is 0.253. The monoisotopic (exact) mass is 237 g/mol. The molecule has 0 N–H and O–H groups in total. The maximum absolute atomic E-state index is 13.9. The molecule has 1 aromatic rings. The highest BCUT2D eigenvalue weighted by Gasteiger charge is 2.16. The van der Waals surface area contributed by atoms with Gasteiger partial charge in [0.1, 0.15) is 5.82 Å². The number of hydrogen-bond donors (Lipinski definition) is 0. The first-order chi connectivity index (χ1) is 8.09. The summed E-state index contributed by atoms with van der Waals surface area (Å²) in [5, 5.41) is 0. The maximum Gasteiger partial charge on any atom is 0.128 e. The molecule has 94 valence electrons. The average molecular weight is 237 g/mol. The maximum atomic E-state index is 13.9. The lowest BCUT2D eigenvalue weighted by Gasteiger charge is -2.30. The zero-order chi connectivity index (χ0) is 12.4. The highest BCUT2D eigenvalue weighted by Crippen LogP contribution is 2.28. The van der Waals surface area contributed by atoms with E-state index in [4.69, 9.17) is 4.74 Å². The van der Waals surface area contributed by atoms with Gasteiger partial charge in [0.05, 0.1) is 13.2 Å². The zero-order valence-corrected chi connectivity index (χ0v) is 10.8. The van der Waals surface area contributed by atoms with Crippen LogP contribution in [-0.2, 0) is 4.74 Å². The first kappa shape index (κ1) is 12.4. The molecule has 1 heterocycles. The molecule has 0 unspecified atom stereocenters. The Hall–Kier alpha value is -1.09. The van der Waals surface area contributed by atoms with Gasteiger partial charge in [-0.15, -0.1) is 0 Å². The van der Waals surface area contributed by atoms with Crippen molar-refractivity contribution in [1.29, 1.82) is 0 Å². The van der Waals surface area contributed by atoms with Crippen LogP contribution in [0.5, 0.6) is 0 Å². The molecule has 0 bridgehead atoms. The highest BCUT2D eigenvalue weighted by atomic mass is 19.1. The van der Waals surface area contributed by atoms with Gasteiger partial charge in [0, 0.05) is 18.8 Å². The second kappa shape index (κ2) is 5.05. The van der Waals surface area contributed by atoms with Gasteiger partial charge < -0.3 is 9.64 Å². The first-order valence-electron chi connectivity index (χ1n) is 6.22. The fourth-order valence-corrected chi connectivity index (χ4v) is 2.29. The Morgan fingerprint density at radius 2 is 1.88 bits per heavy atom. The fourth-order valence-electron chi connectivity index (χ4n) is 2.29. The predicted octanol–water partition coefficient (Wildman–Crippen LogP) is 3.09. The summed E-state index contributed by atoms with van der Waals surface area (Å²) in [6.07, 6.45) is 0. The van der Waals surface area contributed by atoms with E-state index in [-0.39, 0.29) is 5.82 Å². The number of rotatable bonds is 2. The second-order valence-electron chi connectivity index (χ2n) is 4.90. The molecule has 2 rings (SSSR count). The van der Waals surface area contributed by atoms with Gasteiger partial charge in [0.2, 0.25) is 0 Å². The molecule has 0 aliphatic carbocycles. The van der Waals surface area contributed by atoms with Crippen LogP contribution >= 0.6 is 0 Å². The third-order valence-electron chi connectivity index (χ3n) is 3.37. The van der Waals surface area contributed by atoms with Crippen molar-refractivity contribution in [3.05, 3.63) is 29.1 Å². The minimum absolute atomic E-state index is 0.0994. The number of ether oxygens (including phenoxy) is 1. The number of hydrogen-bond acceptors (Lipinski definition) is 2. The molecule has 0 aromatic heterocycles. The summed E-state index contributed by atoms with van der Waals surface area (Å²) in [4.78, 5) is 2.19. The Kier molecular flexibility index (Phi) is 3.67. The van der Waals surface area contributed by atoms with E-state index in [2.05, 4.69) is 24.8 Å². The number of morpholine rings is 1. The molecular weight excluding hydrogens is 217 g/mol. The Balaban J connectivity index is 2.34. The third-order valence-corrected chi connectivity index (χ3v) is 3.37.